The second-order valence-corrected chi connectivity index (χ2v) is 7.58. The minimum Gasteiger partial charge on any atom is -0.352 e. The maximum Gasteiger partial charge on any atom is 0.332 e. The van der Waals surface area contributed by atoms with Gasteiger partial charge >= 0.3 is 6.03 Å². The first kappa shape index (κ1) is 20.5. The number of nitrogens with one attached hydrogen (secondary N) is 1. The Hall–Kier alpha value is -3.82. The number of aromatic nitrogens is 1. The van der Waals surface area contributed by atoms with E-state index in [4.69, 9.17) is 0 Å². The van der Waals surface area contributed by atoms with Gasteiger partial charge in [0.2, 0.25) is 0 Å². The minimum atomic E-state index is -0.724. The molecule has 2 aliphatic rings. The third-order valence-electron chi connectivity index (χ3n) is 5.34. The second-order valence-electron chi connectivity index (χ2n) is 7.58. The van der Waals surface area contributed by atoms with Crippen molar-refractivity contribution in [1.29, 1.82) is 0 Å². The zero-order valence-electron chi connectivity index (χ0n) is 16.7. The van der Waals surface area contributed by atoms with Gasteiger partial charge in [-0.05, 0) is 43.4 Å². The van der Waals surface area contributed by atoms with E-state index in [1.54, 1.807) is 12.1 Å². The Bertz CT molecular complexity index is 1030. The fraction of sp³-hybridized carbons (Fsp3) is 0.333. The number of nitro benzene ring substituents is 1. The van der Waals surface area contributed by atoms with Gasteiger partial charge in [-0.25, -0.2) is 9.78 Å². The van der Waals surface area contributed by atoms with Crippen LogP contribution in [0.2, 0.25) is 0 Å². The predicted molar refractivity (Wildman–Crippen MR) is 111 cm³/mol. The van der Waals surface area contributed by atoms with Crippen LogP contribution in [-0.4, -0.2) is 52.3 Å². The van der Waals surface area contributed by atoms with Crippen LogP contribution in [0.3, 0.4) is 0 Å². The van der Waals surface area contributed by atoms with Crippen molar-refractivity contribution in [2.45, 2.75) is 19.3 Å². The maximum atomic E-state index is 13.0. The topological polar surface area (TPSA) is 126 Å². The molecular weight excluding hydrogens is 402 g/mol. The van der Waals surface area contributed by atoms with Gasteiger partial charge in [-0.3, -0.25) is 29.5 Å². The molecule has 2 aromatic rings. The van der Waals surface area contributed by atoms with Crippen LogP contribution >= 0.6 is 0 Å². The normalized spacial score (nSPS) is 16.2. The van der Waals surface area contributed by atoms with Crippen molar-refractivity contribution in [3.05, 3.63) is 63.8 Å². The third-order valence-corrected chi connectivity index (χ3v) is 5.34. The molecule has 1 aromatic heterocycles. The number of para-hydroxylation sites is 1. The smallest absolute Gasteiger partial charge is 0.332 e. The lowest BCUT2D eigenvalue weighted by Gasteiger charge is -2.33. The van der Waals surface area contributed by atoms with Crippen LogP contribution in [0.1, 0.15) is 40.0 Å². The van der Waals surface area contributed by atoms with E-state index >= 15 is 0 Å². The molecule has 10 nitrogen and oxygen atoms in total. The summed E-state index contributed by atoms with van der Waals surface area (Å²) in [5.74, 6) is -0.0721. The summed E-state index contributed by atoms with van der Waals surface area (Å²) in [6, 6.07) is 8.08. The highest BCUT2D eigenvalue weighted by Crippen LogP contribution is 2.28. The Morgan fingerprint density at radius 1 is 1.16 bits per heavy atom. The minimum absolute atomic E-state index is 0.140. The maximum absolute atomic E-state index is 13.0. The molecule has 0 atom stereocenters. The summed E-state index contributed by atoms with van der Waals surface area (Å²) in [6.07, 6.45) is 4.16. The summed E-state index contributed by atoms with van der Waals surface area (Å²) < 4.78 is 0. The van der Waals surface area contributed by atoms with E-state index in [0.717, 1.165) is 17.7 Å². The molecule has 1 aromatic carbocycles. The van der Waals surface area contributed by atoms with Gasteiger partial charge in [-0.1, -0.05) is 12.1 Å². The molecule has 31 heavy (non-hydrogen) atoms. The number of hydrogen-bond acceptors (Lipinski definition) is 6. The van der Waals surface area contributed by atoms with Crippen molar-refractivity contribution in [3.63, 3.8) is 0 Å². The summed E-state index contributed by atoms with van der Waals surface area (Å²) in [5, 5.41) is 14.1. The lowest BCUT2D eigenvalue weighted by atomic mass is 10.1. The Labute approximate surface area is 178 Å². The molecule has 4 amide bonds. The molecule has 1 aliphatic heterocycles. The molecule has 4 rings (SSSR count). The number of rotatable bonds is 6. The van der Waals surface area contributed by atoms with Crippen LogP contribution in [0.15, 0.2) is 42.6 Å². The molecule has 2 heterocycles. The van der Waals surface area contributed by atoms with E-state index in [1.807, 2.05) is 0 Å². The summed E-state index contributed by atoms with van der Waals surface area (Å²) in [6.45, 7) is 1.15. The van der Waals surface area contributed by atoms with E-state index in [9.17, 15) is 24.5 Å². The van der Waals surface area contributed by atoms with Gasteiger partial charge in [0, 0.05) is 31.9 Å². The fourth-order valence-electron chi connectivity index (χ4n) is 3.43. The molecule has 1 N–H and O–H groups in total. The van der Waals surface area contributed by atoms with E-state index in [0.29, 0.717) is 36.8 Å². The van der Waals surface area contributed by atoms with Gasteiger partial charge in [0.15, 0.2) is 0 Å². The van der Waals surface area contributed by atoms with Crippen LogP contribution < -0.4 is 10.2 Å². The SMILES string of the molecule is O=C(NCC1CC1)c1ccc(N2CCCN(C(=O)c3ccccc3[N+](=O)[O-])C2=O)nc1. The number of amides is 4. The molecule has 0 bridgehead atoms. The number of benzene rings is 1. The van der Waals surface area contributed by atoms with Gasteiger partial charge < -0.3 is 5.32 Å². The second kappa shape index (κ2) is 8.50. The van der Waals surface area contributed by atoms with Crippen LogP contribution in [0.4, 0.5) is 16.3 Å². The highest BCUT2D eigenvalue weighted by atomic mass is 16.6. The Kier molecular flexibility index (Phi) is 5.61. The molecule has 1 saturated carbocycles. The fourth-order valence-corrected chi connectivity index (χ4v) is 3.43. The molecule has 0 unspecified atom stereocenters. The van der Waals surface area contributed by atoms with Crippen molar-refractivity contribution < 1.29 is 19.3 Å². The van der Waals surface area contributed by atoms with Gasteiger partial charge in [0.1, 0.15) is 11.4 Å². The van der Waals surface area contributed by atoms with Gasteiger partial charge in [-0.2, -0.15) is 0 Å². The van der Waals surface area contributed by atoms with Crippen molar-refractivity contribution in [2.24, 2.45) is 5.92 Å². The lowest BCUT2D eigenvalue weighted by Crippen LogP contribution is -2.52. The number of imide groups is 1. The first-order valence-electron chi connectivity index (χ1n) is 10.1. The first-order valence-corrected chi connectivity index (χ1v) is 10.1. The molecule has 10 heteroatoms. The lowest BCUT2D eigenvalue weighted by molar-refractivity contribution is -0.385. The number of urea groups is 1. The van der Waals surface area contributed by atoms with Crippen LogP contribution in [-0.2, 0) is 0 Å². The average Bonchev–Trinajstić information content (AvgIpc) is 3.62. The number of anilines is 1. The number of pyridine rings is 1. The molecule has 160 valence electrons. The monoisotopic (exact) mass is 423 g/mol. The zero-order chi connectivity index (χ0) is 22.0. The average molecular weight is 423 g/mol. The summed E-state index contributed by atoms with van der Waals surface area (Å²) in [4.78, 5) is 55.2. The third kappa shape index (κ3) is 4.37. The van der Waals surface area contributed by atoms with E-state index in [1.165, 1.54) is 35.4 Å². The zero-order valence-corrected chi connectivity index (χ0v) is 16.7. The highest BCUT2D eigenvalue weighted by Gasteiger charge is 2.35. The van der Waals surface area contributed by atoms with Crippen LogP contribution in [0.5, 0.6) is 0 Å². The Morgan fingerprint density at radius 2 is 1.94 bits per heavy atom. The van der Waals surface area contributed by atoms with Gasteiger partial charge in [0.05, 0.1) is 10.5 Å². The van der Waals surface area contributed by atoms with Crippen LogP contribution in [0, 0.1) is 16.0 Å². The number of nitro groups is 1. The quantitative estimate of drug-likeness (QED) is 0.562. The summed E-state index contributed by atoms with van der Waals surface area (Å²) in [7, 11) is 0. The Balaban J connectivity index is 1.49. The molecule has 0 spiro atoms. The van der Waals surface area contributed by atoms with E-state index in [-0.39, 0.29) is 23.7 Å². The molecule has 1 aliphatic carbocycles. The highest BCUT2D eigenvalue weighted by molar-refractivity contribution is 6.10. The molecule has 2 fully saturated rings. The van der Waals surface area contributed by atoms with Crippen LogP contribution in [0.25, 0.3) is 0 Å². The Morgan fingerprint density at radius 3 is 2.61 bits per heavy atom. The molecule has 1 saturated heterocycles. The summed E-state index contributed by atoms with van der Waals surface area (Å²) >= 11 is 0. The summed E-state index contributed by atoms with van der Waals surface area (Å²) in [5.41, 5.74) is -0.0999. The predicted octanol–water partition coefficient (Wildman–Crippen LogP) is 2.60. The van der Waals surface area contributed by atoms with Crippen molar-refractivity contribution in [3.8, 4) is 0 Å². The number of hydrogen-bond donors (Lipinski definition) is 1. The van der Waals surface area contributed by atoms with Gasteiger partial charge in [0.25, 0.3) is 17.5 Å². The standard InChI is InChI=1S/C21H21N5O5/c27-19(23-12-14-6-7-14)15-8-9-18(22-13-15)24-10-3-11-25(21(24)29)20(28)16-4-1-2-5-17(16)26(30)31/h1-2,4-5,8-9,13-14H,3,6-7,10-12H2,(H,23,27). The van der Waals surface area contributed by atoms with Gasteiger partial charge in [-0.15, -0.1) is 0 Å². The number of nitrogens with zero attached hydrogens (tertiary/aromatic N) is 4. The number of carbonyl (C=O) groups is 3. The van der Waals surface area contributed by atoms with Crippen molar-refractivity contribution >= 4 is 29.4 Å². The van der Waals surface area contributed by atoms with E-state index in [2.05, 4.69) is 10.3 Å². The molecular formula is C21H21N5O5. The van der Waals surface area contributed by atoms with Crippen molar-refractivity contribution in [2.75, 3.05) is 24.5 Å². The van der Waals surface area contributed by atoms with Crippen molar-refractivity contribution in [1.82, 2.24) is 15.2 Å². The largest absolute Gasteiger partial charge is 0.352 e. The molecule has 0 radical (unpaired) electrons. The number of carbonyl (C=O) groups excluding carboxylic acids is 3. The first-order chi connectivity index (χ1) is 15.0. The van der Waals surface area contributed by atoms with E-state index < -0.39 is 16.9 Å².